The molecular formula is C24H25FN4O3. The van der Waals surface area contributed by atoms with E-state index >= 15 is 0 Å². The second-order valence-corrected chi connectivity index (χ2v) is 7.82. The Morgan fingerprint density at radius 3 is 2.69 bits per heavy atom. The van der Waals surface area contributed by atoms with Gasteiger partial charge in [-0.1, -0.05) is 31.2 Å². The summed E-state index contributed by atoms with van der Waals surface area (Å²) in [7, 11) is 0. The Morgan fingerprint density at radius 2 is 1.97 bits per heavy atom. The van der Waals surface area contributed by atoms with E-state index in [0.29, 0.717) is 42.8 Å². The zero-order chi connectivity index (χ0) is 22.7. The minimum Gasteiger partial charge on any atom is -0.372 e. The first-order chi connectivity index (χ1) is 15.5. The second kappa shape index (κ2) is 9.32. The first-order valence-electron chi connectivity index (χ1n) is 10.6. The van der Waals surface area contributed by atoms with Crippen molar-refractivity contribution in [3.8, 4) is 0 Å². The molecule has 0 saturated carbocycles. The molecule has 0 radical (unpaired) electrons. The summed E-state index contributed by atoms with van der Waals surface area (Å²) < 4.78 is 14.5. The van der Waals surface area contributed by atoms with Crippen LogP contribution >= 0.6 is 0 Å². The number of benzene rings is 2. The lowest BCUT2D eigenvalue weighted by Gasteiger charge is -2.40. The molecule has 1 amide bonds. The van der Waals surface area contributed by atoms with Crippen LogP contribution in [0, 0.1) is 5.82 Å². The van der Waals surface area contributed by atoms with Crippen molar-refractivity contribution in [2.75, 3.05) is 24.5 Å². The molecule has 0 bridgehead atoms. The van der Waals surface area contributed by atoms with E-state index in [1.165, 1.54) is 17.0 Å². The number of carbonyl (C=O) groups is 1. The van der Waals surface area contributed by atoms with Crippen molar-refractivity contribution in [2.45, 2.75) is 26.0 Å². The molecule has 4 rings (SSSR count). The van der Waals surface area contributed by atoms with Crippen LogP contribution in [-0.4, -0.2) is 52.0 Å². The Bertz CT molecular complexity index is 1170. The number of aliphatic hydroxyl groups is 1. The van der Waals surface area contributed by atoms with Crippen molar-refractivity contribution < 1.29 is 14.3 Å². The molecule has 2 N–H and O–H groups in total. The lowest BCUT2D eigenvalue weighted by Crippen LogP contribution is -2.55. The predicted molar refractivity (Wildman–Crippen MR) is 119 cm³/mol. The van der Waals surface area contributed by atoms with Crippen LogP contribution in [0.15, 0.2) is 59.4 Å². The number of aromatic amines is 1. The quantitative estimate of drug-likeness (QED) is 0.641. The van der Waals surface area contributed by atoms with E-state index in [1.54, 1.807) is 12.1 Å². The molecule has 8 heteroatoms. The topological polar surface area (TPSA) is 89.5 Å². The number of aryl methyl sites for hydroxylation is 1. The third-order valence-corrected chi connectivity index (χ3v) is 5.69. The van der Waals surface area contributed by atoms with Gasteiger partial charge >= 0.3 is 0 Å². The van der Waals surface area contributed by atoms with Gasteiger partial charge in [-0.2, -0.15) is 5.10 Å². The molecule has 7 nitrogen and oxygen atoms in total. The maximum atomic E-state index is 14.5. The highest BCUT2D eigenvalue weighted by molar-refractivity contribution is 5.95. The van der Waals surface area contributed by atoms with Gasteiger partial charge in [-0.05, 0) is 42.3 Å². The Labute approximate surface area is 185 Å². The largest absolute Gasteiger partial charge is 0.372 e. The average molecular weight is 436 g/mol. The fourth-order valence-electron chi connectivity index (χ4n) is 3.94. The zero-order valence-electron chi connectivity index (χ0n) is 17.8. The lowest BCUT2D eigenvalue weighted by molar-refractivity contribution is 0.0518. The van der Waals surface area contributed by atoms with Crippen molar-refractivity contribution in [3.63, 3.8) is 0 Å². The molecule has 0 spiro atoms. The fraction of sp³-hybridized carbons (Fsp3) is 0.292. The number of aliphatic hydroxyl groups excluding tert-OH is 1. The monoisotopic (exact) mass is 436 g/mol. The number of piperazine rings is 1. The Kier molecular flexibility index (Phi) is 6.32. The first kappa shape index (κ1) is 21.7. The van der Waals surface area contributed by atoms with Gasteiger partial charge < -0.3 is 14.9 Å². The van der Waals surface area contributed by atoms with Crippen molar-refractivity contribution in [1.82, 2.24) is 15.1 Å². The van der Waals surface area contributed by atoms with Crippen molar-refractivity contribution in [2.24, 2.45) is 0 Å². The molecule has 0 aliphatic carbocycles. The average Bonchev–Trinajstić information content (AvgIpc) is 2.81. The summed E-state index contributed by atoms with van der Waals surface area (Å²) in [6.07, 6.45) is 0.0588. The SMILES string of the molecule is CCc1cc(Cc2ccc(F)c(C(=O)N3CCN(c4ccccc4)C(O)C3)c2)n[nH]c1=O. The number of H-pyrrole nitrogens is 1. The molecule has 166 valence electrons. The minimum atomic E-state index is -0.876. The number of nitrogens with one attached hydrogen (secondary N) is 1. The van der Waals surface area contributed by atoms with Crippen molar-refractivity contribution >= 4 is 11.6 Å². The van der Waals surface area contributed by atoms with Crippen LogP contribution in [0.5, 0.6) is 0 Å². The summed E-state index contributed by atoms with van der Waals surface area (Å²) in [6.45, 7) is 2.78. The molecule has 1 saturated heterocycles. The van der Waals surface area contributed by atoms with Crippen LogP contribution in [-0.2, 0) is 12.8 Å². The van der Waals surface area contributed by atoms with Gasteiger partial charge in [0.2, 0.25) is 0 Å². The van der Waals surface area contributed by atoms with Crippen molar-refractivity contribution in [1.29, 1.82) is 0 Å². The Balaban J connectivity index is 1.50. The van der Waals surface area contributed by atoms with Gasteiger partial charge in [0, 0.05) is 30.8 Å². The number of hydrogen-bond acceptors (Lipinski definition) is 5. The van der Waals surface area contributed by atoms with Gasteiger partial charge in [0.15, 0.2) is 0 Å². The van der Waals surface area contributed by atoms with Crippen molar-refractivity contribution in [3.05, 3.63) is 93.2 Å². The van der Waals surface area contributed by atoms with Gasteiger partial charge in [0.1, 0.15) is 12.0 Å². The third kappa shape index (κ3) is 4.55. The summed E-state index contributed by atoms with van der Waals surface area (Å²) in [5.41, 5.74) is 2.58. The molecule has 3 aromatic rings. The molecule has 1 fully saturated rings. The minimum absolute atomic E-state index is 0.0389. The molecule has 1 aliphatic heterocycles. The lowest BCUT2D eigenvalue weighted by atomic mass is 10.0. The second-order valence-electron chi connectivity index (χ2n) is 7.82. The van der Waals surface area contributed by atoms with Crippen LogP contribution in [0.25, 0.3) is 0 Å². The van der Waals surface area contributed by atoms with E-state index in [-0.39, 0.29) is 17.7 Å². The maximum Gasteiger partial charge on any atom is 0.267 e. The third-order valence-electron chi connectivity index (χ3n) is 5.69. The van der Waals surface area contributed by atoms with Gasteiger partial charge in [-0.15, -0.1) is 0 Å². The summed E-state index contributed by atoms with van der Waals surface area (Å²) in [6, 6.07) is 15.6. The normalized spacial score (nSPS) is 16.3. The Morgan fingerprint density at radius 1 is 1.19 bits per heavy atom. The van der Waals surface area contributed by atoms with Crippen LogP contribution in [0.1, 0.15) is 34.1 Å². The number of hydrogen-bond donors (Lipinski definition) is 2. The molecule has 1 atom stereocenters. The van der Waals surface area contributed by atoms with E-state index in [0.717, 1.165) is 5.69 Å². The number of amides is 1. The van der Waals surface area contributed by atoms with E-state index in [4.69, 9.17) is 0 Å². The summed E-state index contributed by atoms with van der Waals surface area (Å²) >= 11 is 0. The number of halogens is 1. The fourth-order valence-corrected chi connectivity index (χ4v) is 3.94. The van der Waals surface area contributed by atoms with E-state index in [2.05, 4.69) is 10.2 Å². The highest BCUT2D eigenvalue weighted by Crippen LogP contribution is 2.22. The molecule has 2 heterocycles. The molecule has 32 heavy (non-hydrogen) atoms. The molecule has 1 aromatic heterocycles. The summed E-state index contributed by atoms with van der Waals surface area (Å²) in [5, 5.41) is 17.1. The number of nitrogens with zero attached hydrogens (tertiary/aromatic N) is 3. The van der Waals surface area contributed by atoms with Crippen LogP contribution < -0.4 is 10.5 Å². The predicted octanol–water partition coefficient (Wildman–Crippen LogP) is 2.34. The van der Waals surface area contributed by atoms with E-state index in [9.17, 15) is 19.1 Å². The first-order valence-corrected chi connectivity index (χ1v) is 10.6. The molecular weight excluding hydrogens is 411 g/mol. The van der Waals surface area contributed by atoms with Gasteiger partial charge in [0.25, 0.3) is 11.5 Å². The highest BCUT2D eigenvalue weighted by atomic mass is 19.1. The van der Waals surface area contributed by atoms with E-state index in [1.807, 2.05) is 42.2 Å². The number of rotatable bonds is 5. The number of para-hydroxylation sites is 1. The number of aromatic nitrogens is 2. The summed E-state index contributed by atoms with van der Waals surface area (Å²) in [5.74, 6) is -1.07. The smallest absolute Gasteiger partial charge is 0.267 e. The van der Waals surface area contributed by atoms with Gasteiger partial charge in [0.05, 0.1) is 17.8 Å². The van der Waals surface area contributed by atoms with Crippen LogP contribution in [0.4, 0.5) is 10.1 Å². The number of β-amino-alcohol motifs (C(OH)–C–C–N with tert-alkyl or cyclic N) is 1. The van der Waals surface area contributed by atoms with Crippen LogP contribution in [0.3, 0.4) is 0 Å². The molecule has 2 aromatic carbocycles. The maximum absolute atomic E-state index is 14.5. The number of anilines is 1. The van der Waals surface area contributed by atoms with Crippen LogP contribution in [0.2, 0.25) is 0 Å². The number of carbonyl (C=O) groups excluding carboxylic acids is 1. The summed E-state index contributed by atoms with van der Waals surface area (Å²) in [4.78, 5) is 28.1. The standard InChI is InChI=1S/C24H25FN4O3/c1-2-17-14-18(26-27-23(17)31)12-16-8-9-21(25)20(13-16)24(32)28-10-11-29(22(30)15-28)19-6-4-3-5-7-19/h3-9,13-14,22,30H,2,10-12,15H2,1H3,(H,27,31). The molecule has 1 aliphatic rings. The van der Waals surface area contributed by atoms with Gasteiger partial charge in [-0.3, -0.25) is 9.59 Å². The van der Waals surface area contributed by atoms with Gasteiger partial charge in [-0.25, -0.2) is 9.49 Å². The molecule has 1 unspecified atom stereocenters. The zero-order valence-corrected chi connectivity index (χ0v) is 17.8. The highest BCUT2D eigenvalue weighted by Gasteiger charge is 2.30. The Hall–Kier alpha value is -3.52. The van der Waals surface area contributed by atoms with E-state index < -0.39 is 18.0 Å².